The molecule has 8 heteroatoms. The standard InChI is InChI=1S/C25H35NO6Si/c1-25(2,3)33(8,9)32-21-12-16(10-11-19(21)27-4)20-15-18(26-31-20)17-13-22(28-5)24(30-7)23(14-17)29-6/h10-14,20H,15H2,1-9H3. The van der Waals surface area contributed by atoms with Gasteiger partial charge in [-0.05, 0) is 48.0 Å². The number of oxime groups is 1. The van der Waals surface area contributed by atoms with Gasteiger partial charge in [-0.1, -0.05) is 32.0 Å². The third-order valence-electron chi connectivity index (χ3n) is 6.40. The van der Waals surface area contributed by atoms with Gasteiger partial charge in [-0.2, -0.15) is 0 Å². The minimum Gasteiger partial charge on any atom is -0.541 e. The molecule has 1 atom stereocenters. The lowest BCUT2D eigenvalue weighted by Crippen LogP contribution is -2.43. The van der Waals surface area contributed by atoms with E-state index in [0.717, 1.165) is 22.6 Å². The highest BCUT2D eigenvalue weighted by Crippen LogP contribution is 2.43. The van der Waals surface area contributed by atoms with E-state index in [2.05, 4.69) is 39.0 Å². The monoisotopic (exact) mass is 473 g/mol. The van der Waals surface area contributed by atoms with Crippen molar-refractivity contribution in [3.63, 3.8) is 0 Å². The molecule has 1 aliphatic rings. The first kappa shape index (κ1) is 24.8. The van der Waals surface area contributed by atoms with Gasteiger partial charge in [0.05, 0.1) is 34.2 Å². The SMILES string of the molecule is COc1ccc(C2CC(c3cc(OC)c(OC)c(OC)c3)=NO2)cc1O[Si](C)(C)C(C)(C)C. The Morgan fingerprint density at radius 1 is 0.848 bits per heavy atom. The van der Waals surface area contributed by atoms with E-state index in [1.54, 1.807) is 28.4 Å². The Kier molecular flexibility index (Phi) is 7.16. The molecule has 0 aromatic heterocycles. The summed E-state index contributed by atoms with van der Waals surface area (Å²) in [7, 11) is 4.39. The van der Waals surface area contributed by atoms with Crippen molar-refractivity contribution in [2.75, 3.05) is 28.4 Å². The molecule has 1 heterocycles. The fourth-order valence-corrected chi connectivity index (χ4v) is 4.39. The van der Waals surface area contributed by atoms with Crippen LogP contribution in [0.3, 0.4) is 0 Å². The van der Waals surface area contributed by atoms with E-state index in [-0.39, 0.29) is 11.1 Å². The Morgan fingerprint density at radius 2 is 1.45 bits per heavy atom. The summed E-state index contributed by atoms with van der Waals surface area (Å²) in [4.78, 5) is 5.83. The van der Waals surface area contributed by atoms with E-state index in [4.69, 9.17) is 28.2 Å². The van der Waals surface area contributed by atoms with E-state index < -0.39 is 8.32 Å². The van der Waals surface area contributed by atoms with Gasteiger partial charge in [-0.25, -0.2) is 0 Å². The lowest BCUT2D eigenvalue weighted by Gasteiger charge is -2.37. The summed E-state index contributed by atoms with van der Waals surface area (Å²) in [6, 6.07) is 9.70. The van der Waals surface area contributed by atoms with Crippen molar-refractivity contribution in [3.8, 4) is 28.7 Å². The molecular weight excluding hydrogens is 438 g/mol. The van der Waals surface area contributed by atoms with Crippen LogP contribution in [-0.2, 0) is 4.84 Å². The molecule has 0 bridgehead atoms. The highest BCUT2D eigenvalue weighted by atomic mass is 28.4. The molecule has 0 amide bonds. The van der Waals surface area contributed by atoms with Crippen molar-refractivity contribution in [2.24, 2.45) is 5.16 Å². The fourth-order valence-electron chi connectivity index (χ4n) is 3.38. The van der Waals surface area contributed by atoms with E-state index in [0.29, 0.717) is 29.4 Å². The number of rotatable bonds is 8. The zero-order chi connectivity index (χ0) is 24.4. The molecule has 0 saturated heterocycles. The lowest BCUT2D eigenvalue weighted by molar-refractivity contribution is 0.0855. The maximum Gasteiger partial charge on any atom is 0.250 e. The summed E-state index contributed by atoms with van der Waals surface area (Å²) >= 11 is 0. The molecule has 0 spiro atoms. The van der Waals surface area contributed by atoms with Crippen LogP contribution in [-0.4, -0.2) is 42.5 Å². The molecule has 0 saturated carbocycles. The minimum atomic E-state index is -2.04. The van der Waals surface area contributed by atoms with Crippen LogP contribution < -0.4 is 23.4 Å². The number of ether oxygens (including phenoxy) is 4. The number of hydrogen-bond acceptors (Lipinski definition) is 7. The third kappa shape index (κ3) is 5.05. The topological polar surface area (TPSA) is 67.7 Å². The smallest absolute Gasteiger partial charge is 0.250 e. The molecule has 2 aromatic carbocycles. The van der Waals surface area contributed by atoms with E-state index in [1.165, 1.54) is 0 Å². The zero-order valence-electron chi connectivity index (χ0n) is 21.1. The molecule has 1 unspecified atom stereocenters. The molecule has 180 valence electrons. The summed E-state index contributed by atoms with van der Waals surface area (Å²) in [5.74, 6) is 3.15. The highest BCUT2D eigenvalue weighted by molar-refractivity contribution is 6.74. The summed E-state index contributed by atoms with van der Waals surface area (Å²) in [6.45, 7) is 11.1. The summed E-state index contributed by atoms with van der Waals surface area (Å²) < 4.78 is 28.5. The van der Waals surface area contributed by atoms with Crippen LogP contribution >= 0.6 is 0 Å². The van der Waals surface area contributed by atoms with Crippen molar-refractivity contribution >= 4 is 14.0 Å². The summed E-state index contributed by atoms with van der Waals surface area (Å²) in [5, 5.41) is 4.43. The van der Waals surface area contributed by atoms with Gasteiger partial charge >= 0.3 is 0 Å². The second kappa shape index (κ2) is 9.55. The van der Waals surface area contributed by atoms with Crippen LogP contribution in [0.4, 0.5) is 0 Å². The van der Waals surface area contributed by atoms with Crippen LogP contribution in [0.25, 0.3) is 0 Å². The molecule has 0 N–H and O–H groups in total. The molecular formula is C25H35NO6Si. The second-order valence-electron chi connectivity index (χ2n) is 9.52. The van der Waals surface area contributed by atoms with Gasteiger partial charge in [0.15, 0.2) is 23.4 Å². The Balaban J connectivity index is 1.87. The van der Waals surface area contributed by atoms with E-state index in [1.807, 2.05) is 30.3 Å². The molecule has 2 aromatic rings. The maximum atomic E-state index is 6.56. The zero-order valence-corrected chi connectivity index (χ0v) is 22.1. The predicted octanol–water partition coefficient (Wildman–Crippen LogP) is 5.97. The van der Waals surface area contributed by atoms with Gasteiger partial charge in [0, 0.05) is 12.0 Å². The lowest BCUT2D eigenvalue weighted by atomic mass is 9.99. The Morgan fingerprint density at radius 3 is 1.97 bits per heavy atom. The van der Waals surface area contributed by atoms with E-state index in [9.17, 15) is 0 Å². The minimum absolute atomic E-state index is 0.0701. The average molecular weight is 474 g/mol. The van der Waals surface area contributed by atoms with Gasteiger partial charge in [0.25, 0.3) is 8.32 Å². The van der Waals surface area contributed by atoms with E-state index >= 15 is 0 Å². The Hall–Kier alpha value is -2.87. The van der Waals surface area contributed by atoms with Gasteiger partial charge in [-0.3, -0.25) is 0 Å². The van der Waals surface area contributed by atoms with Crippen molar-refractivity contribution in [3.05, 3.63) is 41.5 Å². The van der Waals surface area contributed by atoms with Gasteiger partial charge < -0.3 is 28.2 Å². The average Bonchev–Trinajstić information content (AvgIpc) is 3.27. The van der Waals surface area contributed by atoms with Gasteiger partial charge in [0.1, 0.15) is 5.75 Å². The predicted molar refractivity (Wildman–Crippen MR) is 132 cm³/mol. The summed E-state index contributed by atoms with van der Waals surface area (Å²) in [5.41, 5.74) is 2.65. The Labute approximate surface area is 197 Å². The van der Waals surface area contributed by atoms with Crippen molar-refractivity contribution in [1.29, 1.82) is 0 Å². The first-order valence-corrected chi connectivity index (χ1v) is 13.9. The van der Waals surface area contributed by atoms with Crippen LogP contribution in [0.2, 0.25) is 18.1 Å². The van der Waals surface area contributed by atoms with Crippen molar-refractivity contribution in [1.82, 2.24) is 0 Å². The number of benzene rings is 2. The van der Waals surface area contributed by atoms with Crippen molar-refractivity contribution < 1.29 is 28.2 Å². The number of nitrogens with zero attached hydrogens (tertiary/aromatic N) is 1. The third-order valence-corrected chi connectivity index (χ3v) is 10.7. The first-order valence-electron chi connectivity index (χ1n) is 10.9. The molecule has 1 aliphatic heterocycles. The van der Waals surface area contributed by atoms with Crippen molar-refractivity contribution in [2.45, 2.75) is 51.4 Å². The second-order valence-corrected chi connectivity index (χ2v) is 14.2. The summed E-state index contributed by atoms with van der Waals surface area (Å²) in [6.07, 6.45) is 0.372. The maximum absolute atomic E-state index is 6.56. The molecule has 7 nitrogen and oxygen atoms in total. The molecule has 3 rings (SSSR count). The Bertz CT molecular complexity index is 1000. The van der Waals surface area contributed by atoms with Crippen LogP contribution in [0.15, 0.2) is 35.5 Å². The molecule has 0 fully saturated rings. The number of hydrogen-bond donors (Lipinski definition) is 0. The molecule has 0 radical (unpaired) electrons. The fraction of sp³-hybridized carbons (Fsp3) is 0.480. The van der Waals surface area contributed by atoms with Gasteiger partial charge in [0.2, 0.25) is 5.75 Å². The van der Waals surface area contributed by atoms with Gasteiger partial charge in [-0.15, -0.1) is 0 Å². The van der Waals surface area contributed by atoms with Crippen LogP contribution in [0.5, 0.6) is 28.7 Å². The number of methoxy groups -OCH3 is 4. The van der Waals surface area contributed by atoms with Crippen LogP contribution in [0, 0.1) is 0 Å². The normalized spacial score (nSPS) is 16.0. The van der Waals surface area contributed by atoms with Crippen LogP contribution in [0.1, 0.15) is 44.4 Å². The largest absolute Gasteiger partial charge is 0.541 e. The molecule has 0 aliphatic carbocycles. The molecule has 33 heavy (non-hydrogen) atoms. The highest BCUT2D eigenvalue weighted by Gasteiger charge is 2.40. The first-order chi connectivity index (χ1) is 15.5. The quantitative estimate of drug-likeness (QED) is 0.440.